The predicted molar refractivity (Wildman–Crippen MR) is 80.5 cm³/mol. The molecule has 0 aliphatic carbocycles. The summed E-state index contributed by atoms with van der Waals surface area (Å²) in [7, 11) is 0. The van der Waals surface area contributed by atoms with Crippen LogP contribution in [0.5, 0.6) is 0 Å². The number of halogens is 1. The lowest BCUT2D eigenvalue weighted by atomic mass is 9.91. The van der Waals surface area contributed by atoms with Gasteiger partial charge in [0.15, 0.2) is 0 Å². The third-order valence-electron chi connectivity index (χ3n) is 3.75. The molecule has 0 radical (unpaired) electrons. The van der Waals surface area contributed by atoms with Crippen LogP contribution in [-0.2, 0) is 9.53 Å². The number of likely N-dealkylation sites (tertiary alicyclic amines) is 1. The van der Waals surface area contributed by atoms with Gasteiger partial charge in [-0.3, -0.25) is 4.79 Å². The molecule has 5 heteroatoms. The van der Waals surface area contributed by atoms with Crippen molar-refractivity contribution in [2.75, 3.05) is 26.3 Å². The topological polar surface area (TPSA) is 55.6 Å². The van der Waals surface area contributed by atoms with Crippen molar-refractivity contribution in [2.45, 2.75) is 52.0 Å². The molecule has 4 nitrogen and oxygen atoms in total. The monoisotopic (exact) mass is 292 g/mol. The number of hydrogen-bond acceptors (Lipinski definition) is 3. The number of ether oxygens (including phenoxy) is 1. The fourth-order valence-corrected chi connectivity index (χ4v) is 2.38. The zero-order valence-electron chi connectivity index (χ0n) is 12.3. The molecule has 1 atom stereocenters. The lowest BCUT2D eigenvalue weighted by Crippen LogP contribution is -2.43. The van der Waals surface area contributed by atoms with Crippen molar-refractivity contribution >= 4 is 18.3 Å². The lowest BCUT2D eigenvalue weighted by Gasteiger charge is -2.33. The molecule has 0 aromatic heterocycles. The maximum Gasteiger partial charge on any atom is 0.248 e. The fraction of sp³-hybridized carbons (Fsp3) is 0.929. The Kier molecular flexibility index (Phi) is 10.3. The highest BCUT2D eigenvalue weighted by molar-refractivity contribution is 5.85. The SMILES string of the molecule is CCCCCOCC(=O)N1CCC(C(C)N)CC1.Cl. The van der Waals surface area contributed by atoms with Crippen LogP contribution in [0.1, 0.15) is 46.0 Å². The number of unbranched alkanes of at least 4 members (excludes halogenated alkanes) is 2. The number of amides is 1. The van der Waals surface area contributed by atoms with Crippen LogP contribution >= 0.6 is 12.4 Å². The molecule has 1 rings (SSSR count). The van der Waals surface area contributed by atoms with Crippen LogP contribution in [0.15, 0.2) is 0 Å². The van der Waals surface area contributed by atoms with Crippen LogP contribution in [0.25, 0.3) is 0 Å². The summed E-state index contributed by atoms with van der Waals surface area (Å²) >= 11 is 0. The highest BCUT2D eigenvalue weighted by atomic mass is 35.5. The number of piperidine rings is 1. The third-order valence-corrected chi connectivity index (χ3v) is 3.75. The molecular formula is C14H29ClN2O2. The molecule has 1 saturated heterocycles. The van der Waals surface area contributed by atoms with Gasteiger partial charge < -0.3 is 15.4 Å². The molecule has 1 heterocycles. The van der Waals surface area contributed by atoms with Crippen LogP contribution in [-0.4, -0.2) is 43.2 Å². The number of nitrogens with two attached hydrogens (primary N) is 1. The van der Waals surface area contributed by atoms with Gasteiger partial charge in [0.25, 0.3) is 0 Å². The van der Waals surface area contributed by atoms with E-state index < -0.39 is 0 Å². The van der Waals surface area contributed by atoms with Gasteiger partial charge in [0, 0.05) is 25.7 Å². The molecule has 0 aromatic carbocycles. The second kappa shape index (κ2) is 10.5. The van der Waals surface area contributed by atoms with Gasteiger partial charge in [0.05, 0.1) is 0 Å². The molecule has 114 valence electrons. The highest BCUT2D eigenvalue weighted by Gasteiger charge is 2.24. The summed E-state index contributed by atoms with van der Waals surface area (Å²) in [5.74, 6) is 0.703. The zero-order valence-corrected chi connectivity index (χ0v) is 13.1. The Morgan fingerprint density at radius 2 is 2.00 bits per heavy atom. The van der Waals surface area contributed by atoms with Crippen molar-refractivity contribution in [1.82, 2.24) is 4.90 Å². The Morgan fingerprint density at radius 3 is 2.53 bits per heavy atom. The van der Waals surface area contributed by atoms with Gasteiger partial charge in [-0.15, -0.1) is 12.4 Å². The van der Waals surface area contributed by atoms with E-state index in [1.54, 1.807) is 0 Å². The van der Waals surface area contributed by atoms with Crippen molar-refractivity contribution in [2.24, 2.45) is 11.7 Å². The number of hydrogen-bond donors (Lipinski definition) is 1. The Morgan fingerprint density at radius 1 is 1.37 bits per heavy atom. The molecule has 19 heavy (non-hydrogen) atoms. The molecule has 1 aliphatic heterocycles. The molecule has 0 spiro atoms. The summed E-state index contributed by atoms with van der Waals surface area (Å²) in [6, 6.07) is 0.243. The smallest absolute Gasteiger partial charge is 0.248 e. The van der Waals surface area contributed by atoms with Crippen LogP contribution < -0.4 is 5.73 Å². The van der Waals surface area contributed by atoms with Crippen molar-refractivity contribution in [3.8, 4) is 0 Å². The molecule has 1 amide bonds. The summed E-state index contributed by atoms with van der Waals surface area (Å²) in [6.45, 7) is 6.84. The van der Waals surface area contributed by atoms with Crippen molar-refractivity contribution in [3.63, 3.8) is 0 Å². The number of nitrogens with zero attached hydrogens (tertiary/aromatic N) is 1. The Bertz CT molecular complexity index is 242. The van der Waals surface area contributed by atoms with Gasteiger partial charge in [-0.25, -0.2) is 0 Å². The summed E-state index contributed by atoms with van der Waals surface area (Å²) in [4.78, 5) is 13.8. The van der Waals surface area contributed by atoms with E-state index in [-0.39, 0.29) is 31.0 Å². The van der Waals surface area contributed by atoms with Gasteiger partial charge in [-0.1, -0.05) is 19.8 Å². The molecule has 1 fully saturated rings. The van der Waals surface area contributed by atoms with Gasteiger partial charge in [-0.05, 0) is 32.1 Å². The minimum Gasteiger partial charge on any atom is -0.372 e. The zero-order chi connectivity index (χ0) is 13.4. The Labute approximate surface area is 123 Å². The standard InChI is InChI=1S/C14H28N2O2.ClH/c1-3-4-5-10-18-11-14(17)16-8-6-13(7-9-16)12(2)15;/h12-13H,3-11,15H2,1-2H3;1H. The summed E-state index contributed by atoms with van der Waals surface area (Å²) in [5.41, 5.74) is 5.89. The summed E-state index contributed by atoms with van der Waals surface area (Å²) in [6.07, 6.45) is 5.46. The Hall–Kier alpha value is -0.320. The van der Waals surface area contributed by atoms with Crippen LogP contribution in [0.3, 0.4) is 0 Å². The molecular weight excluding hydrogens is 264 g/mol. The molecule has 1 aliphatic rings. The van der Waals surface area contributed by atoms with E-state index in [0.29, 0.717) is 12.5 Å². The second-order valence-corrected chi connectivity index (χ2v) is 5.34. The Balaban J connectivity index is 0.00000324. The first kappa shape index (κ1) is 18.7. The van der Waals surface area contributed by atoms with E-state index in [0.717, 1.165) is 32.4 Å². The third kappa shape index (κ3) is 7.14. The fourth-order valence-electron chi connectivity index (χ4n) is 2.38. The average molecular weight is 293 g/mol. The average Bonchev–Trinajstić information content (AvgIpc) is 2.38. The van der Waals surface area contributed by atoms with Gasteiger partial charge in [0.1, 0.15) is 6.61 Å². The summed E-state index contributed by atoms with van der Waals surface area (Å²) in [5, 5.41) is 0. The van der Waals surface area contributed by atoms with Crippen LogP contribution in [0.2, 0.25) is 0 Å². The first-order valence-electron chi connectivity index (χ1n) is 7.26. The molecule has 0 aromatic rings. The van der Waals surface area contributed by atoms with E-state index in [1.807, 2.05) is 4.90 Å². The minimum absolute atomic E-state index is 0. The van der Waals surface area contributed by atoms with Crippen LogP contribution in [0, 0.1) is 5.92 Å². The van der Waals surface area contributed by atoms with Gasteiger partial charge >= 0.3 is 0 Å². The molecule has 1 unspecified atom stereocenters. The molecule has 2 N–H and O–H groups in total. The maximum absolute atomic E-state index is 11.9. The first-order chi connectivity index (χ1) is 8.65. The van der Waals surface area contributed by atoms with E-state index in [4.69, 9.17) is 10.5 Å². The number of rotatable bonds is 7. The van der Waals surface area contributed by atoms with Crippen molar-refractivity contribution < 1.29 is 9.53 Å². The predicted octanol–water partition coefficient (Wildman–Crippen LogP) is 2.20. The van der Waals surface area contributed by atoms with E-state index in [9.17, 15) is 4.79 Å². The van der Waals surface area contributed by atoms with E-state index in [1.165, 1.54) is 12.8 Å². The van der Waals surface area contributed by atoms with E-state index in [2.05, 4.69) is 13.8 Å². The molecule has 0 bridgehead atoms. The molecule has 0 saturated carbocycles. The van der Waals surface area contributed by atoms with Gasteiger partial charge in [-0.2, -0.15) is 0 Å². The lowest BCUT2D eigenvalue weighted by molar-refractivity contribution is -0.137. The second-order valence-electron chi connectivity index (χ2n) is 5.34. The van der Waals surface area contributed by atoms with E-state index >= 15 is 0 Å². The normalized spacial score (nSPS) is 17.9. The first-order valence-corrected chi connectivity index (χ1v) is 7.26. The minimum atomic E-state index is 0. The maximum atomic E-state index is 11.9. The van der Waals surface area contributed by atoms with Gasteiger partial charge in [0.2, 0.25) is 5.91 Å². The number of carbonyl (C=O) groups is 1. The van der Waals surface area contributed by atoms with Crippen LogP contribution in [0.4, 0.5) is 0 Å². The number of carbonyl (C=O) groups excluding carboxylic acids is 1. The highest BCUT2D eigenvalue weighted by Crippen LogP contribution is 2.19. The quantitative estimate of drug-likeness (QED) is 0.732. The van der Waals surface area contributed by atoms with Crippen molar-refractivity contribution in [3.05, 3.63) is 0 Å². The largest absolute Gasteiger partial charge is 0.372 e. The van der Waals surface area contributed by atoms with Crippen molar-refractivity contribution in [1.29, 1.82) is 0 Å². The summed E-state index contributed by atoms with van der Waals surface area (Å²) < 4.78 is 5.41.